The average molecular weight is 380 g/mol. The lowest BCUT2D eigenvalue weighted by atomic mass is 9.73. The number of rotatable bonds is 4. The predicted molar refractivity (Wildman–Crippen MR) is 105 cm³/mol. The quantitative estimate of drug-likeness (QED) is 0.885. The zero-order valence-corrected chi connectivity index (χ0v) is 16.1. The van der Waals surface area contributed by atoms with Crippen LogP contribution in [0.2, 0.25) is 0 Å². The van der Waals surface area contributed by atoms with Crippen LogP contribution in [0.5, 0.6) is 0 Å². The summed E-state index contributed by atoms with van der Waals surface area (Å²) >= 11 is 0. The number of hydrogen-bond acceptors (Lipinski definition) is 3. The fraction of sp³-hybridized carbons (Fsp3) is 0.318. The third-order valence-corrected chi connectivity index (χ3v) is 5.42. The number of hydrogen-bond donors (Lipinski definition) is 1. The van der Waals surface area contributed by atoms with Crippen LogP contribution in [-0.2, 0) is 10.2 Å². The molecular formula is C22H24N2O4. The minimum absolute atomic E-state index is 0.119. The van der Waals surface area contributed by atoms with Gasteiger partial charge >= 0.3 is 5.97 Å². The molecule has 1 heterocycles. The summed E-state index contributed by atoms with van der Waals surface area (Å²) in [6, 6.07) is 15.8. The van der Waals surface area contributed by atoms with Gasteiger partial charge in [-0.15, -0.1) is 0 Å². The van der Waals surface area contributed by atoms with E-state index in [2.05, 4.69) is 0 Å². The molecule has 0 aromatic heterocycles. The molecule has 2 aromatic rings. The summed E-state index contributed by atoms with van der Waals surface area (Å²) in [5.41, 5.74) is 0.841. The Hall–Kier alpha value is -3.15. The maximum absolute atomic E-state index is 12.8. The lowest BCUT2D eigenvalue weighted by molar-refractivity contribution is -0.145. The highest BCUT2D eigenvalue weighted by Gasteiger charge is 2.43. The zero-order chi connectivity index (χ0) is 20.3. The highest BCUT2D eigenvalue weighted by Crippen LogP contribution is 2.36. The van der Waals surface area contributed by atoms with Crippen molar-refractivity contribution in [3.8, 4) is 0 Å². The molecule has 6 nitrogen and oxygen atoms in total. The number of carbonyl (C=O) groups excluding carboxylic acids is 2. The predicted octanol–water partition coefficient (Wildman–Crippen LogP) is 2.65. The van der Waals surface area contributed by atoms with Crippen LogP contribution < -0.4 is 0 Å². The third-order valence-electron chi connectivity index (χ3n) is 5.42. The monoisotopic (exact) mass is 380 g/mol. The van der Waals surface area contributed by atoms with E-state index in [9.17, 15) is 19.5 Å². The molecule has 6 heteroatoms. The van der Waals surface area contributed by atoms with Crippen molar-refractivity contribution in [1.82, 2.24) is 9.80 Å². The number of aliphatic carboxylic acids is 1. The molecule has 0 atom stereocenters. The first-order valence-corrected chi connectivity index (χ1v) is 9.25. The molecule has 1 N–H and O–H groups in total. The summed E-state index contributed by atoms with van der Waals surface area (Å²) in [6.07, 6.45) is 0.741. The smallest absolute Gasteiger partial charge is 0.314 e. The Bertz CT molecular complexity index is 867. The number of benzene rings is 2. The molecule has 1 fully saturated rings. The van der Waals surface area contributed by atoms with Gasteiger partial charge in [0.15, 0.2) is 0 Å². The highest BCUT2D eigenvalue weighted by molar-refractivity contribution is 5.97. The van der Waals surface area contributed by atoms with Gasteiger partial charge in [-0.05, 0) is 42.7 Å². The highest BCUT2D eigenvalue weighted by atomic mass is 16.4. The van der Waals surface area contributed by atoms with E-state index in [0.717, 1.165) is 5.56 Å². The van der Waals surface area contributed by atoms with Crippen molar-refractivity contribution in [2.75, 3.05) is 27.2 Å². The Kier molecular flexibility index (Phi) is 5.49. The van der Waals surface area contributed by atoms with Crippen molar-refractivity contribution in [2.24, 2.45) is 0 Å². The average Bonchev–Trinajstić information content (AvgIpc) is 2.73. The number of likely N-dealkylation sites (tertiary alicyclic amines) is 1. The summed E-state index contributed by atoms with van der Waals surface area (Å²) in [5.74, 6) is -1.11. The second-order valence-electron chi connectivity index (χ2n) is 7.32. The van der Waals surface area contributed by atoms with Crippen LogP contribution >= 0.6 is 0 Å². The van der Waals surface area contributed by atoms with Crippen molar-refractivity contribution in [2.45, 2.75) is 18.3 Å². The molecule has 2 aromatic carbocycles. The van der Waals surface area contributed by atoms with Gasteiger partial charge in [-0.3, -0.25) is 14.4 Å². The van der Waals surface area contributed by atoms with Crippen LogP contribution in [0.4, 0.5) is 0 Å². The lowest BCUT2D eigenvalue weighted by Crippen LogP contribution is -2.49. The first-order valence-electron chi connectivity index (χ1n) is 9.25. The Balaban J connectivity index is 1.73. The maximum atomic E-state index is 12.8. The van der Waals surface area contributed by atoms with E-state index >= 15 is 0 Å². The largest absolute Gasteiger partial charge is 0.481 e. The van der Waals surface area contributed by atoms with Crippen LogP contribution in [0.1, 0.15) is 39.1 Å². The molecular weight excluding hydrogens is 356 g/mol. The zero-order valence-electron chi connectivity index (χ0n) is 16.1. The van der Waals surface area contributed by atoms with Crippen molar-refractivity contribution in [1.29, 1.82) is 0 Å². The van der Waals surface area contributed by atoms with Crippen LogP contribution in [0.25, 0.3) is 0 Å². The maximum Gasteiger partial charge on any atom is 0.314 e. The number of nitrogens with zero attached hydrogens (tertiary/aromatic N) is 2. The number of amides is 2. The Labute approximate surface area is 164 Å². The molecule has 1 aliphatic rings. The molecule has 3 rings (SSSR count). The van der Waals surface area contributed by atoms with Crippen LogP contribution in [0, 0.1) is 0 Å². The summed E-state index contributed by atoms with van der Waals surface area (Å²) in [7, 11) is 3.35. The van der Waals surface area contributed by atoms with Gasteiger partial charge in [0.1, 0.15) is 0 Å². The van der Waals surface area contributed by atoms with E-state index in [-0.39, 0.29) is 11.8 Å². The molecule has 0 radical (unpaired) electrons. The van der Waals surface area contributed by atoms with Crippen molar-refractivity contribution in [3.05, 3.63) is 71.3 Å². The molecule has 0 aliphatic carbocycles. The van der Waals surface area contributed by atoms with Gasteiger partial charge < -0.3 is 14.9 Å². The standard InChI is InChI=1S/C22H24N2O4/c1-23(2)19(25)16-8-10-17(11-9-16)20(26)24-14-12-22(13-15-24,21(27)28)18-6-4-3-5-7-18/h3-11H,12-15H2,1-2H3,(H,27,28). The van der Waals surface area contributed by atoms with Gasteiger partial charge in [0.05, 0.1) is 5.41 Å². The summed E-state index contributed by atoms with van der Waals surface area (Å²) in [6.45, 7) is 0.747. The Morgan fingerprint density at radius 3 is 1.93 bits per heavy atom. The molecule has 0 unspecified atom stereocenters. The van der Waals surface area contributed by atoms with Crippen LogP contribution in [-0.4, -0.2) is 59.9 Å². The van der Waals surface area contributed by atoms with Gasteiger partial charge in [0.25, 0.3) is 11.8 Å². The molecule has 0 saturated carbocycles. The first kappa shape index (κ1) is 19.6. The summed E-state index contributed by atoms with van der Waals surface area (Å²) < 4.78 is 0. The van der Waals surface area contributed by atoms with E-state index in [4.69, 9.17) is 0 Å². The first-order chi connectivity index (χ1) is 13.3. The number of carboxylic acids is 1. The van der Waals surface area contributed by atoms with E-state index in [1.54, 1.807) is 43.3 Å². The molecule has 2 amide bonds. The summed E-state index contributed by atoms with van der Waals surface area (Å²) in [4.78, 5) is 40.0. The second-order valence-corrected chi connectivity index (χ2v) is 7.32. The normalized spacial score (nSPS) is 15.7. The van der Waals surface area contributed by atoms with Gasteiger partial charge in [0, 0.05) is 38.3 Å². The molecule has 1 aliphatic heterocycles. The fourth-order valence-corrected chi connectivity index (χ4v) is 3.67. The molecule has 28 heavy (non-hydrogen) atoms. The summed E-state index contributed by atoms with van der Waals surface area (Å²) in [5, 5.41) is 9.87. The topological polar surface area (TPSA) is 77.9 Å². The van der Waals surface area contributed by atoms with E-state index < -0.39 is 11.4 Å². The minimum atomic E-state index is -0.958. The molecule has 1 saturated heterocycles. The van der Waals surface area contributed by atoms with Crippen molar-refractivity contribution in [3.63, 3.8) is 0 Å². The molecule has 0 bridgehead atoms. The van der Waals surface area contributed by atoms with Gasteiger partial charge in [-0.2, -0.15) is 0 Å². The van der Waals surface area contributed by atoms with Crippen molar-refractivity contribution >= 4 is 17.8 Å². The number of piperidine rings is 1. The Morgan fingerprint density at radius 1 is 0.893 bits per heavy atom. The number of carboxylic acid groups (broad SMARTS) is 1. The van der Waals surface area contributed by atoms with Crippen molar-refractivity contribution < 1.29 is 19.5 Å². The fourth-order valence-electron chi connectivity index (χ4n) is 3.67. The SMILES string of the molecule is CN(C)C(=O)c1ccc(C(=O)N2CCC(C(=O)O)(c3ccccc3)CC2)cc1. The van der Waals surface area contributed by atoms with Gasteiger partial charge in [0.2, 0.25) is 0 Å². The third kappa shape index (κ3) is 3.63. The van der Waals surface area contributed by atoms with Gasteiger partial charge in [-0.25, -0.2) is 0 Å². The molecule has 146 valence electrons. The Morgan fingerprint density at radius 2 is 1.43 bits per heavy atom. The van der Waals surface area contributed by atoms with Gasteiger partial charge in [-0.1, -0.05) is 30.3 Å². The van der Waals surface area contributed by atoms with E-state index in [0.29, 0.717) is 37.1 Å². The minimum Gasteiger partial charge on any atom is -0.481 e. The number of carbonyl (C=O) groups is 3. The lowest BCUT2D eigenvalue weighted by Gasteiger charge is -2.39. The van der Waals surface area contributed by atoms with Crippen LogP contribution in [0.15, 0.2) is 54.6 Å². The van der Waals surface area contributed by atoms with E-state index in [1.807, 2.05) is 30.3 Å². The van der Waals surface area contributed by atoms with E-state index in [1.165, 1.54) is 4.90 Å². The second kappa shape index (κ2) is 7.84. The van der Waals surface area contributed by atoms with Crippen LogP contribution in [0.3, 0.4) is 0 Å². The molecule has 0 spiro atoms.